The highest BCUT2D eigenvalue weighted by Gasteiger charge is 1.89. The first-order valence-corrected chi connectivity index (χ1v) is 4.60. The van der Waals surface area contributed by atoms with Crippen LogP contribution in [0, 0.1) is 12.8 Å². The highest BCUT2D eigenvalue weighted by molar-refractivity contribution is 5.79. The van der Waals surface area contributed by atoms with Crippen molar-refractivity contribution in [3.8, 4) is 0 Å². The molecule has 0 unspecified atom stereocenters. The minimum atomic E-state index is 0.628. The molecule has 0 saturated heterocycles. The van der Waals surface area contributed by atoms with E-state index in [1.165, 1.54) is 0 Å². The number of hydrogen-bond donors (Lipinski definition) is 0. The Morgan fingerprint density at radius 3 is 2.46 bits per heavy atom. The van der Waals surface area contributed by atoms with Gasteiger partial charge in [0.05, 0.1) is 0 Å². The normalized spacial score (nSPS) is 11.4. The number of benzene rings is 1. The van der Waals surface area contributed by atoms with Gasteiger partial charge in [0.1, 0.15) is 0 Å². The molecule has 0 N–H and O–H groups in total. The Bertz CT molecular complexity index is 270. The van der Waals surface area contributed by atoms with Gasteiger partial charge in [0, 0.05) is 12.8 Å². The van der Waals surface area contributed by atoms with E-state index in [-0.39, 0.29) is 0 Å². The summed E-state index contributed by atoms with van der Waals surface area (Å²) >= 11 is 0. The summed E-state index contributed by atoms with van der Waals surface area (Å²) in [5.74, 6) is 0.628. The zero-order valence-electron chi connectivity index (χ0n) is 8.33. The molecule has 0 bridgehead atoms. The SMILES string of the molecule is [CH2]c1ccc(C=NCC(C)C)cc1. The molecule has 0 saturated carbocycles. The molecule has 0 aliphatic carbocycles. The summed E-state index contributed by atoms with van der Waals surface area (Å²) in [4.78, 5) is 4.33. The quantitative estimate of drug-likeness (QED) is 0.625. The number of hydrogen-bond acceptors (Lipinski definition) is 1. The summed E-state index contributed by atoms with van der Waals surface area (Å²) in [5.41, 5.74) is 2.19. The summed E-state index contributed by atoms with van der Waals surface area (Å²) in [6.07, 6.45) is 1.92. The molecule has 0 amide bonds. The molecule has 0 fully saturated rings. The van der Waals surface area contributed by atoms with Gasteiger partial charge in [-0.2, -0.15) is 0 Å². The van der Waals surface area contributed by atoms with Crippen LogP contribution in [-0.4, -0.2) is 12.8 Å². The van der Waals surface area contributed by atoms with Crippen molar-refractivity contribution in [2.45, 2.75) is 13.8 Å². The van der Waals surface area contributed by atoms with Crippen LogP contribution in [0.1, 0.15) is 25.0 Å². The largest absolute Gasteiger partial charge is 0.292 e. The lowest BCUT2D eigenvalue weighted by molar-refractivity contribution is 0.667. The van der Waals surface area contributed by atoms with E-state index in [0.717, 1.165) is 17.7 Å². The molecule has 1 rings (SSSR count). The molecule has 69 valence electrons. The van der Waals surface area contributed by atoms with Gasteiger partial charge in [-0.1, -0.05) is 38.1 Å². The Balaban J connectivity index is 2.54. The molecule has 13 heavy (non-hydrogen) atoms. The second-order valence-corrected chi connectivity index (χ2v) is 3.63. The molecule has 0 aliphatic rings. The Morgan fingerprint density at radius 2 is 1.92 bits per heavy atom. The van der Waals surface area contributed by atoms with Crippen molar-refractivity contribution < 1.29 is 0 Å². The summed E-state index contributed by atoms with van der Waals surface area (Å²) in [6, 6.07) is 8.06. The van der Waals surface area contributed by atoms with Gasteiger partial charge in [0.2, 0.25) is 0 Å². The molecule has 0 aliphatic heterocycles. The van der Waals surface area contributed by atoms with Crippen LogP contribution in [0.2, 0.25) is 0 Å². The molecular formula is C12H16N. The minimum absolute atomic E-state index is 0.628. The van der Waals surface area contributed by atoms with Crippen molar-refractivity contribution in [1.82, 2.24) is 0 Å². The third-order valence-electron chi connectivity index (χ3n) is 1.69. The number of aliphatic imine (C=N–C) groups is 1. The molecule has 1 nitrogen and oxygen atoms in total. The van der Waals surface area contributed by atoms with Crippen molar-refractivity contribution in [2.75, 3.05) is 6.54 Å². The highest BCUT2D eigenvalue weighted by atomic mass is 14.7. The van der Waals surface area contributed by atoms with Gasteiger partial charge in [0.15, 0.2) is 0 Å². The van der Waals surface area contributed by atoms with E-state index in [1.54, 1.807) is 0 Å². The zero-order chi connectivity index (χ0) is 9.68. The number of nitrogens with zero attached hydrogens (tertiary/aromatic N) is 1. The maximum Gasteiger partial charge on any atom is 0.0412 e. The van der Waals surface area contributed by atoms with Gasteiger partial charge in [0.25, 0.3) is 0 Å². The second-order valence-electron chi connectivity index (χ2n) is 3.63. The van der Waals surface area contributed by atoms with E-state index in [4.69, 9.17) is 0 Å². The van der Waals surface area contributed by atoms with Crippen LogP contribution in [0.25, 0.3) is 0 Å². The maximum absolute atomic E-state index is 4.33. The van der Waals surface area contributed by atoms with Crippen LogP contribution in [-0.2, 0) is 0 Å². The molecule has 1 radical (unpaired) electrons. The summed E-state index contributed by atoms with van der Waals surface area (Å²) in [5, 5.41) is 0. The van der Waals surface area contributed by atoms with E-state index < -0.39 is 0 Å². The Hall–Kier alpha value is -1.11. The average Bonchev–Trinajstić information content (AvgIpc) is 2.08. The third kappa shape index (κ3) is 3.88. The smallest absolute Gasteiger partial charge is 0.0412 e. The van der Waals surface area contributed by atoms with Gasteiger partial charge < -0.3 is 0 Å². The van der Waals surface area contributed by atoms with E-state index in [1.807, 2.05) is 30.5 Å². The maximum atomic E-state index is 4.33. The first-order valence-electron chi connectivity index (χ1n) is 4.60. The van der Waals surface area contributed by atoms with E-state index in [9.17, 15) is 0 Å². The van der Waals surface area contributed by atoms with Gasteiger partial charge in [-0.15, -0.1) is 0 Å². The van der Waals surface area contributed by atoms with Gasteiger partial charge in [-0.3, -0.25) is 4.99 Å². The van der Waals surface area contributed by atoms with Crippen LogP contribution < -0.4 is 0 Å². The molecule has 1 heteroatoms. The summed E-state index contributed by atoms with van der Waals surface area (Å²) in [6.45, 7) is 9.05. The van der Waals surface area contributed by atoms with Crippen molar-refractivity contribution in [3.05, 3.63) is 42.3 Å². The fraction of sp³-hybridized carbons (Fsp3) is 0.333. The van der Waals surface area contributed by atoms with Crippen LogP contribution in [0.4, 0.5) is 0 Å². The standard InChI is InChI=1S/C12H16N/c1-10(2)8-13-9-12-6-4-11(3)5-7-12/h4-7,9-10H,3,8H2,1-2H3. The highest BCUT2D eigenvalue weighted by Crippen LogP contribution is 2.00. The summed E-state index contributed by atoms with van der Waals surface area (Å²) < 4.78 is 0. The van der Waals surface area contributed by atoms with Crippen LogP contribution >= 0.6 is 0 Å². The molecule has 1 aromatic rings. The Morgan fingerprint density at radius 1 is 1.31 bits per heavy atom. The lowest BCUT2D eigenvalue weighted by Gasteiger charge is -1.97. The van der Waals surface area contributed by atoms with Crippen LogP contribution in [0.15, 0.2) is 29.3 Å². The van der Waals surface area contributed by atoms with Gasteiger partial charge >= 0.3 is 0 Å². The first kappa shape index (κ1) is 9.97. The van der Waals surface area contributed by atoms with E-state index in [0.29, 0.717) is 5.92 Å². The molecular weight excluding hydrogens is 158 g/mol. The van der Waals surface area contributed by atoms with Crippen molar-refractivity contribution >= 4 is 6.21 Å². The van der Waals surface area contributed by atoms with Gasteiger partial charge in [-0.05, 0) is 24.0 Å². The Kier molecular flexibility index (Phi) is 3.69. The lowest BCUT2D eigenvalue weighted by Crippen LogP contribution is -1.92. The monoisotopic (exact) mass is 174 g/mol. The minimum Gasteiger partial charge on any atom is -0.292 e. The lowest BCUT2D eigenvalue weighted by atomic mass is 10.2. The van der Waals surface area contributed by atoms with E-state index >= 15 is 0 Å². The average molecular weight is 174 g/mol. The zero-order valence-corrected chi connectivity index (χ0v) is 8.33. The third-order valence-corrected chi connectivity index (χ3v) is 1.69. The van der Waals surface area contributed by atoms with Gasteiger partial charge in [-0.25, -0.2) is 0 Å². The molecule has 0 aromatic heterocycles. The fourth-order valence-electron chi connectivity index (χ4n) is 0.973. The van der Waals surface area contributed by atoms with Crippen molar-refractivity contribution in [3.63, 3.8) is 0 Å². The molecule has 0 heterocycles. The fourth-order valence-corrected chi connectivity index (χ4v) is 0.973. The van der Waals surface area contributed by atoms with Crippen molar-refractivity contribution in [1.29, 1.82) is 0 Å². The number of rotatable bonds is 3. The topological polar surface area (TPSA) is 12.4 Å². The Labute approximate surface area is 80.5 Å². The first-order chi connectivity index (χ1) is 6.18. The summed E-state index contributed by atoms with van der Waals surface area (Å²) in [7, 11) is 0. The molecule has 1 aromatic carbocycles. The predicted molar refractivity (Wildman–Crippen MR) is 58.2 cm³/mol. The second kappa shape index (κ2) is 4.80. The van der Waals surface area contributed by atoms with Crippen LogP contribution in [0.5, 0.6) is 0 Å². The van der Waals surface area contributed by atoms with E-state index in [2.05, 4.69) is 25.8 Å². The van der Waals surface area contributed by atoms with Crippen molar-refractivity contribution in [2.24, 2.45) is 10.9 Å². The molecule has 0 spiro atoms. The predicted octanol–water partition coefficient (Wildman–Crippen LogP) is 2.94. The van der Waals surface area contributed by atoms with Crippen LogP contribution in [0.3, 0.4) is 0 Å². The molecule has 0 atom stereocenters.